The van der Waals surface area contributed by atoms with Crippen molar-refractivity contribution in [2.24, 2.45) is 0 Å². The molecule has 1 atom stereocenters. The summed E-state index contributed by atoms with van der Waals surface area (Å²) in [6.45, 7) is 1.99. The van der Waals surface area contributed by atoms with Crippen molar-refractivity contribution >= 4 is 10.0 Å². The maximum atomic E-state index is 11.4. The van der Waals surface area contributed by atoms with Gasteiger partial charge in [-0.1, -0.05) is 18.2 Å². The number of nitrogens with one attached hydrogen (secondary N) is 1. The van der Waals surface area contributed by atoms with Crippen LogP contribution in [0.1, 0.15) is 18.5 Å². The molecule has 15 heavy (non-hydrogen) atoms. The second-order valence-corrected chi connectivity index (χ2v) is 5.47. The zero-order valence-corrected chi connectivity index (χ0v) is 9.25. The molecule has 0 amide bonds. The van der Waals surface area contributed by atoms with Gasteiger partial charge in [0, 0.05) is 5.56 Å². The Morgan fingerprint density at radius 3 is 2.93 bits per heavy atom. The molecule has 0 spiro atoms. The molecule has 4 nitrogen and oxygen atoms in total. The molecule has 1 aliphatic rings. The minimum atomic E-state index is -3.18. The Kier molecular flexibility index (Phi) is 2.67. The van der Waals surface area contributed by atoms with Crippen molar-refractivity contribution in [3.63, 3.8) is 0 Å². The van der Waals surface area contributed by atoms with Gasteiger partial charge in [-0.2, -0.15) is 0 Å². The zero-order chi connectivity index (χ0) is 10.9. The molecule has 5 heteroatoms. The lowest BCUT2D eigenvalue weighted by molar-refractivity contribution is 0.325. The van der Waals surface area contributed by atoms with Gasteiger partial charge in [0.25, 0.3) is 0 Å². The average molecular weight is 227 g/mol. The van der Waals surface area contributed by atoms with Crippen molar-refractivity contribution in [3.05, 3.63) is 29.8 Å². The first kappa shape index (κ1) is 10.4. The van der Waals surface area contributed by atoms with Crippen LogP contribution in [0.5, 0.6) is 5.75 Å². The Labute approximate surface area is 89.3 Å². The van der Waals surface area contributed by atoms with Crippen LogP contribution in [0.15, 0.2) is 24.3 Å². The maximum Gasteiger partial charge on any atom is 0.212 e. The van der Waals surface area contributed by atoms with Crippen LogP contribution in [0.4, 0.5) is 0 Å². The lowest BCUT2D eigenvalue weighted by atomic mass is 10.1. The second-order valence-electron chi connectivity index (χ2n) is 3.42. The first-order chi connectivity index (χ1) is 7.12. The topological polar surface area (TPSA) is 55.4 Å². The third-order valence-electron chi connectivity index (χ3n) is 2.40. The summed E-state index contributed by atoms with van der Waals surface area (Å²) in [7, 11) is -3.18. The first-order valence-corrected chi connectivity index (χ1v) is 6.49. The molecular weight excluding hydrogens is 214 g/mol. The van der Waals surface area contributed by atoms with E-state index in [1.807, 2.05) is 24.3 Å². The number of rotatable bonds is 3. The Balaban J connectivity index is 2.22. The van der Waals surface area contributed by atoms with Crippen LogP contribution in [-0.2, 0) is 10.0 Å². The highest BCUT2D eigenvalue weighted by molar-refractivity contribution is 7.89. The summed E-state index contributed by atoms with van der Waals surface area (Å²) < 4.78 is 30.8. The summed E-state index contributed by atoms with van der Waals surface area (Å²) >= 11 is 0. The Hall–Kier alpha value is -1.07. The molecule has 1 aromatic carbocycles. The lowest BCUT2D eigenvalue weighted by Crippen LogP contribution is -2.30. The zero-order valence-electron chi connectivity index (χ0n) is 8.43. The largest absolute Gasteiger partial charge is 0.491 e. The minimum Gasteiger partial charge on any atom is -0.491 e. The standard InChI is InChI=1S/C10H13NO3S/c1-2-15(12,13)11-9-7-14-10-6-4-3-5-8(9)10/h3-6,9,11H,2,7H2,1H3. The monoisotopic (exact) mass is 227 g/mol. The van der Waals surface area contributed by atoms with Crippen molar-refractivity contribution in [2.75, 3.05) is 12.4 Å². The van der Waals surface area contributed by atoms with E-state index in [0.29, 0.717) is 6.61 Å². The predicted octanol–water partition coefficient (Wildman–Crippen LogP) is 1.06. The Morgan fingerprint density at radius 1 is 1.47 bits per heavy atom. The van der Waals surface area contributed by atoms with Crippen molar-refractivity contribution in [1.82, 2.24) is 4.72 Å². The number of benzene rings is 1. The van der Waals surface area contributed by atoms with E-state index in [1.165, 1.54) is 0 Å². The van der Waals surface area contributed by atoms with Crippen molar-refractivity contribution in [2.45, 2.75) is 13.0 Å². The van der Waals surface area contributed by atoms with E-state index >= 15 is 0 Å². The van der Waals surface area contributed by atoms with Crippen LogP contribution in [0.25, 0.3) is 0 Å². The maximum absolute atomic E-state index is 11.4. The van der Waals surface area contributed by atoms with Crippen LogP contribution in [0.3, 0.4) is 0 Å². The summed E-state index contributed by atoms with van der Waals surface area (Å²) in [5.41, 5.74) is 0.912. The molecule has 82 valence electrons. The number of hydrogen-bond donors (Lipinski definition) is 1. The van der Waals surface area contributed by atoms with Gasteiger partial charge in [0.2, 0.25) is 10.0 Å². The van der Waals surface area contributed by atoms with Gasteiger partial charge < -0.3 is 4.74 Å². The van der Waals surface area contributed by atoms with Crippen LogP contribution >= 0.6 is 0 Å². The molecule has 1 N–H and O–H groups in total. The van der Waals surface area contributed by atoms with Gasteiger partial charge >= 0.3 is 0 Å². The molecule has 0 bridgehead atoms. The van der Waals surface area contributed by atoms with E-state index in [0.717, 1.165) is 11.3 Å². The number of para-hydroxylation sites is 1. The Morgan fingerprint density at radius 2 is 2.20 bits per heavy atom. The van der Waals surface area contributed by atoms with Crippen molar-refractivity contribution in [1.29, 1.82) is 0 Å². The van der Waals surface area contributed by atoms with Gasteiger partial charge in [-0.15, -0.1) is 0 Å². The highest BCUT2D eigenvalue weighted by atomic mass is 32.2. The number of fused-ring (bicyclic) bond motifs is 1. The fourth-order valence-electron chi connectivity index (χ4n) is 1.56. The summed E-state index contributed by atoms with van der Waals surface area (Å²) in [6.07, 6.45) is 0. The normalized spacial score (nSPS) is 19.7. The summed E-state index contributed by atoms with van der Waals surface area (Å²) in [6, 6.07) is 7.22. The number of hydrogen-bond acceptors (Lipinski definition) is 3. The van der Waals surface area contributed by atoms with E-state index < -0.39 is 10.0 Å². The van der Waals surface area contributed by atoms with Gasteiger partial charge in [0.15, 0.2) is 0 Å². The summed E-state index contributed by atoms with van der Waals surface area (Å²) in [4.78, 5) is 0. The second kappa shape index (κ2) is 3.83. The minimum absolute atomic E-state index is 0.0890. The SMILES string of the molecule is CCS(=O)(=O)NC1COc2ccccc21. The summed E-state index contributed by atoms with van der Waals surface area (Å²) in [5, 5.41) is 0. The highest BCUT2D eigenvalue weighted by Gasteiger charge is 2.26. The third-order valence-corrected chi connectivity index (χ3v) is 3.81. The summed E-state index contributed by atoms with van der Waals surface area (Å²) in [5.74, 6) is 0.854. The molecule has 0 aliphatic carbocycles. The van der Waals surface area contributed by atoms with Crippen LogP contribution in [0.2, 0.25) is 0 Å². The van der Waals surface area contributed by atoms with Crippen molar-refractivity contribution < 1.29 is 13.2 Å². The fourth-order valence-corrected chi connectivity index (χ4v) is 2.36. The molecule has 1 heterocycles. The molecular formula is C10H13NO3S. The first-order valence-electron chi connectivity index (χ1n) is 4.84. The molecule has 1 unspecified atom stereocenters. The van der Waals surface area contributed by atoms with Gasteiger partial charge in [0.1, 0.15) is 12.4 Å². The average Bonchev–Trinajstić information content (AvgIpc) is 2.62. The van der Waals surface area contributed by atoms with Crippen LogP contribution in [0, 0.1) is 0 Å². The molecule has 1 aliphatic heterocycles. The number of sulfonamides is 1. The molecule has 0 aromatic heterocycles. The van der Waals surface area contributed by atoms with E-state index in [1.54, 1.807) is 6.92 Å². The van der Waals surface area contributed by atoms with Gasteiger partial charge in [-0.25, -0.2) is 13.1 Å². The van der Waals surface area contributed by atoms with E-state index in [-0.39, 0.29) is 11.8 Å². The molecule has 0 fully saturated rings. The molecule has 2 rings (SSSR count). The van der Waals surface area contributed by atoms with E-state index in [9.17, 15) is 8.42 Å². The smallest absolute Gasteiger partial charge is 0.212 e. The number of ether oxygens (including phenoxy) is 1. The molecule has 0 radical (unpaired) electrons. The van der Waals surface area contributed by atoms with Gasteiger partial charge in [0.05, 0.1) is 11.8 Å². The Bertz CT molecular complexity index is 455. The molecule has 1 aromatic rings. The quantitative estimate of drug-likeness (QED) is 0.840. The lowest BCUT2D eigenvalue weighted by Gasteiger charge is -2.10. The highest BCUT2D eigenvalue weighted by Crippen LogP contribution is 2.31. The van der Waals surface area contributed by atoms with Gasteiger partial charge in [-0.3, -0.25) is 0 Å². The molecule has 0 saturated heterocycles. The van der Waals surface area contributed by atoms with E-state index in [2.05, 4.69) is 4.72 Å². The predicted molar refractivity (Wildman–Crippen MR) is 57.3 cm³/mol. The third kappa shape index (κ3) is 2.13. The fraction of sp³-hybridized carbons (Fsp3) is 0.400. The van der Waals surface area contributed by atoms with Crippen molar-refractivity contribution in [3.8, 4) is 5.75 Å². The van der Waals surface area contributed by atoms with Gasteiger partial charge in [-0.05, 0) is 13.0 Å². The van der Waals surface area contributed by atoms with Crippen LogP contribution < -0.4 is 9.46 Å². The van der Waals surface area contributed by atoms with E-state index in [4.69, 9.17) is 4.74 Å². The molecule has 0 saturated carbocycles. The van der Waals surface area contributed by atoms with Crippen LogP contribution in [-0.4, -0.2) is 20.8 Å².